The molecule has 12 heteroatoms. The summed E-state index contributed by atoms with van der Waals surface area (Å²) >= 11 is 6.11. The first-order valence-electron chi connectivity index (χ1n) is 10.8. The minimum Gasteiger partial charge on any atom is -0.477 e. The second kappa shape index (κ2) is 11.9. The average Bonchev–Trinajstić information content (AvgIpc) is 3.37. The van der Waals surface area contributed by atoms with Gasteiger partial charge in [-0.25, -0.2) is 14.8 Å². The van der Waals surface area contributed by atoms with Crippen molar-refractivity contribution in [1.82, 2.24) is 15.0 Å². The number of aliphatic hydroxyl groups is 1. The van der Waals surface area contributed by atoms with Gasteiger partial charge in [-0.2, -0.15) is 13.2 Å². The Bertz CT molecular complexity index is 1380. The summed E-state index contributed by atoms with van der Waals surface area (Å²) in [5.41, 5.74) is 7.90. The van der Waals surface area contributed by atoms with Crippen LogP contribution < -0.4 is 11.1 Å². The van der Waals surface area contributed by atoms with Gasteiger partial charge < -0.3 is 26.2 Å². The van der Waals surface area contributed by atoms with Crippen LogP contribution in [0.25, 0.3) is 11.3 Å². The maximum Gasteiger partial charge on any atom is 0.416 e. The van der Waals surface area contributed by atoms with Crippen LogP contribution in [-0.4, -0.2) is 37.7 Å². The fourth-order valence-corrected chi connectivity index (χ4v) is 3.37. The first-order chi connectivity index (χ1) is 17.5. The van der Waals surface area contributed by atoms with Gasteiger partial charge in [-0.15, -0.1) is 0 Å². The summed E-state index contributed by atoms with van der Waals surface area (Å²) in [4.78, 5) is 22.4. The first kappa shape index (κ1) is 27.7. The van der Waals surface area contributed by atoms with Crippen LogP contribution in [0.5, 0.6) is 0 Å². The van der Waals surface area contributed by atoms with E-state index < -0.39 is 23.8 Å². The number of anilines is 2. The van der Waals surface area contributed by atoms with E-state index in [2.05, 4.69) is 20.3 Å². The number of halogens is 4. The molecule has 37 heavy (non-hydrogen) atoms. The number of aromatic amines is 1. The number of carbonyl (C=O) groups is 1. The number of alkyl halides is 3. The highest BCUT2D eigenvalue weighted by Gasteiger charge is 2.30. The number of aryl methyl sites for hydroxylation is 1. The SMILES string of the molecule is Cc1cnc(Nc2ccccc2Cl)nc1-c1c[nH]c(C(=O)O)c1.NC(CO)c1cccc(C(F)(F)F)c1. The van der Waals surface area contributed by atoms with Crippen molar-refractivity contribution >= 4 is 29.2 Å². The van der Waals surface area contributed by atoms with Gasteiger partial charge in [0.1, 0.15) is 5.69 Å². The Morgan fingerprint density at radius 1 is 1.19 bits per heavy atom. The van der Waals surface area contributed by atoms with Gasteiger partial charge in [0, 0.05) is 18.0 Å². The molecular formula is C25H23ClF3N5O3. The minimum absolute atomic E-state index is 0.110. The maximum atomic E-state index is 12.2. The molecular weight excluding hydrogens is 511 g/mol. The lowest BCUT2D eigenvalue weighted by Gasteiger charge is -2.11. The minimum atomic E-state index is -4.37. The molecule has 0 aliphatic carbocycles. The van der Waals surface area contributed by atoms with Crippen LogP contribution in [0.1, 0.15) is 33.2 Å². The fraction of sp³-hybridized carbons (Fsp3) is 0.160. The van der Waals surface area contributed by atoms with Crippen molar-refractivity contribution in [1.29, 1.82) is 0 Å². The predicted octanol–water partition coefficient (Wildman–Crippen LogP) is 5.57. The molecule has 4 aromatic rings. The molecule has 0 saturated carbocycles. The molecule has 0 radical (unpaired) electrons. The molecule has 1 atom stereocenters. The third-order valence-electron chi connectivity index (χ3n) is 5.12. The number of nitrogens with one attached hydrogen (secondary N) is 2. The normalized spacial score (nSPS) is 11.9. The molecule has 0 aliphatic rings. The second-order valence-electron chi connectivity index (χ2n) is 7.85. The van der Waals surface area contributed by atoms with Crippen molar-refractivity contribution < 1.29 is 28.2 Å². The lowest BCUT2D eigenvalue weighted by atomic mass is 10.1. The number of para-hydroxylation sites is 1. The first-order valence-corrected chi connectivity index (χ1v) is 11.2. The molecule has 0 aliphatic heterocycles. The Balaban J connectivity index is 0.000000233. The number of carboxylic acid groups (broad SMARTS) is 1. The van der Waals surface area contributed by atoms with Crippen LogP contribution in [-0.2, 0) is 6.18 Å². The standard InChI is InChI=1S/C16H13ClN4O2.C9H10F3NO/c1-9-7-19-16(20-12-5-3-2-4-11(12)17)21-14(9)10-6-13(15(22)23)18-8-10;10-9(11,12)7-3-1-2-6(4-7)8(13)5-14/h2-8,18H,1H3,(H,22,23)(H,19,20,21);1-4,8,14H,5,13H2. The molecule has 2 aromatic heterocycles. The number of hydrogen-bond acceptors (Lipinski definition) is 6. The molecule has 194 valence electrons. The zero-order valence-corrected chi connectivity index (χ0v) is 20.2. The lowest BCUT2D eigenvalue weighted by molar-refractivity contribution is -0.137. The number of rotatable bonds is 6. The molecule has 8 nitrogen and oxygen atoms in total. The van der Waals surface area contributed by atoms with Crippen molar-refractivity contribution in [2.45, 2.75) is 19.1 Å². The van der Waals surface area contributed by atoms with E-state index in [1.54, 1.807) is 18.5 Å². The molecule has 0 amide bonds. The number of aromatic carboxylic acids is 1. The third kappa shape index (κ3) is 7.29. The van der Waals surface area contributed by atoms with Gasteiger partial charge in [-0.05, 0) is 48.4 Å². The van der Waals surface area contributed by atoms with E-state index in [4.69, 9.17) is 27.5 Å². The van der Waals surface area contributed by atoms with E-state index in [9.17, 15) is 18.0 Å². The quantitative estimate of drug-likeness (QED) is 0.218. The monoisotopic (exact) mass is 533 g/mol. The van der Waals surface area contributed by atoms with Crippen LogP contribution in [0.4, 0.5) is 24.8 Å². The van der Waals surface area contributed by atoms with E-state index in [1.165, 1.54) is 18.2 Å². The Morgan fingerprint density at radius 2 is 1.92 bits per heavy atom. The topological polar surface area (TPSA) is 137 Å². The number of H-pyrrole nitrogens is 1. The number of aromatic nitrogens is 3. The van der Waals surface area contributed by atoms with Gasteiger partial charge in [0.25, 0.3) is 0 Å². The molecule has 2 heterocycles. The third-order valence-corrected chi connectivity index (χ3v) is 5.45. The average molecular weight is 534 g/mol. The Hall–Kier alpha value is -3.93. The maximum absolute atomic E-state index is 12.2. The van der Waals surface area contributed by atoms with Crippen LogP contribution in [0, 0.1) is 6.92 Å². The van der Waals surface area contributed by atoms with Gasteiger partial charge >= 0.3 is 12.1 Å². The predicted molar refractivity (Wildman–Crippen MR) is 134 cm³/mol. The van der Waals surface area contributed by atoms with E-state index in [0.717, 1.165) is 17.7 Å². The molecule has 2 aromatic carbocycles. The lowest BCUT2D eigenvalue weighted by Crippen LogP contribution is -2.15. The largest absolute Gasteiger partial charge is 0.477 e. The smallest absolute Gasteiger partial charge is 0.416 e. The van der Waals surface area contributed by atoms with Gasteiger partial charge in [-0.3, -0.25) is 0 Å². The molecule has 1 unspecified atom stereocenters. The number of aliphatic hydroxyl groups excluding tert-OH is 1. The van der Waals surface area contributed by atoms with E-state index in [-0.39, 0.29) is 17.9 Å². The number of carboxylic acids is 1. The Labute approximate surface area is 215 Å². The number of nitrogens with two attached hydrogens (primary N) is 1. The number of nitrogens with zero attached hydrogens (tertiary/aromatic N) is 2. The Morgan fingerprint density at radius 3 is 2.54 bits per heavy atom. The summed E-state index contributed by atoms with van der Waals surface area (Å²) < 4.78 is 36.7. The summed E-state index contributed by atoms with van der Waals surface area (Å²) in [6, 6.07) is 12.7. The highest BCUT2D eigenvalue weighted by atomic mass is 35.5. The van der Waals surface area contributed by atoms with E-state index in [0.29, 0.717) is 27.9 Å². The van der Waals surface area contributed by atoms with Crippen molar-refractivity contribution in [2.24, 2.45) is 5.73 Å². The Kier molecular flexibility index (Phi) is 8.87. The number of hydrogen-bond donors (Lipinski definition) is 5. The summed E-state index contributed by atoms with van der Waals surface area (Å²) in [6.45, 7) is 1.49. The van der Waals surface area contributed by atoms with E-state index >= 15 is 0 Å². The zero-order valence-electron chi connectivity index (χ0n) is 19.4. The number of benzene rings is 2. The fourth-order valence-electron chi connectivity index (χ4n) is 3.18. The molecule has 6 N–H and O–H groups in total. The van der Waals surface area contributed by atoms with Gasteiger partial charge in [0.05, 0.1) is 34.6 Å². The zero-order chi connectivity index (χ0) is 27.2. The molecule has 0 bridgehead atoms. The summed E-state index contributed by atoms with van der Waals surface area (Å²) in [5, 5.41) is 21.3. The molecule has 0 fully saturated rings. The van der Waals surface area contributed by atoms with Crippen molar-refractivity contribution in [2.75, 3.05) is 11.9 Å². The highest BCUT2D eigenvalue weighted by Crippen LogP contribution is 2.30. The molecule has 0 saturated heterocycles. The van der Waals surface area contributed by atoms with Gasteiger partial charge in [0.2, 0.25) is 5.95 Å². The van der Waals surface area contributed by atoms with Gasteiger partial charge in [0.15, 0.2) is 0 Å². The van der Waals surface area contributed by atoms with Crippen molar-refractivity contribution in [3.8, 4) is 11.3 Å². The van der Waals surface area contributed by atoms with Crippen molar-refractivity contribution in [3.63, 3.8) is 0 Å². The van der Waals surface area contributed by atoms with Crippen LogP contribution in [0.3, 0.4) is 0 Å². The van der Waals surface area contributed by atoms with Crippen LogP contribution in [0.2, 0.25) is 5.02 Å². The van der Waals surface area contributed by atoms with Gasteiger partial charge in [-0.1, -0.05) is 35.9 Å². The summed E-state index contributed by atoms with van der Waals surface area (Å²) in [7, 11) is 0. The summed E-state index contributed by atoms with van der Waals surface area (Å²) in [5.74, 6) is -0.630. The molecule has 0 spiro atoms. The van der Waals surface area contributed by atoms with Crippen LogP contribution >= 0.6 is 11.6 Å². The second-order valence-corrected chi connectivity index (χ2v) is 8.26. The van der Waals surface area contributed by atoms with Crippen molar-refractivity contribution in [3.05, 3.63) is 94.4 Å². The van der Waals surface area contributed by atoms with E-state index in [1.807, 2.05) is 25.1 Å². The summed E-state index contributed by atoms with van der Waals surface area (Å²) in [6.07, 6.45) is -1.09. The van der Waals surface area contributed by atoms with Crippen LogP contribution in [0.15, 0.2) is 67.0 Å². The molecule has 4 rings (SSSR count). The highest BCUT2D eigenvalue weighted by molar-refractivity contribution is 6.33.